The smallest absolute Gasteiger partial charge is 0.292 e. The molecule has 0 aliphatic rings. The number of nitro groups is 1. The van der Waals surface area contributed by atoms with Gasteiger partial charge in [-0.1, -0.05) is 23.8 Å². The number of anilines is 1. The number of benzene rings is 2. The van der Waals surface area contributed by atoms with Gasteiger partial charge in [0.15, 0.2) is 0 Å². The molecule has 0 saturated carbocycles. The van der Waals surface area contributed by atoms with E-state index in [2.05, 4.69) is 24.3 Å². The zero-order valence-corrected chi connectivity index (χ0v) is 11.3. The number of rotatable bonds is 4. The van der Waals surface area contributed by atoms with Crippen LogP contribution >= 0.6 is 11.8 Å². The maximum absolute atomic E-state index is 10.7. The number of nitrogen functional groups attached to an aromatic ring is 1. The van der Waals surface area contributed by atoms with Crippen molar-refractivity contribution in [3.8, 4) is 0 Å². The average Bonchev–Trinajstić information content (AvgIpc) is 2.37. The van der Waals surface area contributed by atoms with Crippen LogP contribution in [0.4, 0.5) is 11.4 Å². The molecule has 0 saturated heterocycles. The summed E-state index contributed by atoms with van der Waals surface area (Å²) in [5.41, 5.74) is 8.04. The highest BCUT2D eigenvalue weighted by Gasteiger charge is 2.10. The fraction of sp³-hybridized carbons (Fsp3) is 0.143. The zero-order valence-electron chi connectivity index (χ0n) is 10.5. The summed E-state index contributed by atoms with van der Waals surface area (Å²) in [7, 11) is 0. The van der Waals surface area contributed by atoms with E-state index in [1.54, 1.807) is 23.9 Å². The number of aryl methyl sites for hydroxylation is 1. The largest absolute Gasteiger partial charge is 0.393 e. The fourth-order valence-electron chi connectivity index (χ4n) is 1.66. The van der Waals surface area contributed by atoms with Gasteiger partial charge in [-0.25, -0.2) is 0 Å². The molecule has 2 rings (SSSR count). The van der Waals surface area contributed by atoms with E-state index in [0.29, 0.717) is 0 Å². The highest BCUT2D eigenvalue weighted by Crippen LogP contribution is 2.27. The third-order valence-electron chi connectivity index (χ3n) is 2.72. The van der Waals surface area contributed by atoms with E-state index in [0.717, 1.165) is 11.3 Å². The van der Waals surface area contributed by atoms with Crippen LogP contribution in [-0.2, 0) is 5.75 Å². The van der Waals surface area contributed by atoms with E-state index in [-0.39, 0.29) is 11.4 Å². The lowest BCUT2D eigenvalue weighted by molar-refractivity contribution is -0.383. The van der Waals surface area contributed by atoms with Crippen molar-refractivity contribution in [3.63, 3.8) is 0 Å². The molecule has 2 aromatic rings. The lowest BCUT2D eigenvalue weighted by atomic mass is 10.2. The summed E-state index contributed by atoms with van der Waals surface area (Å²) in [6.45, 7) is 2.05. The number of nitrogens with zero attached hydrogens (tertiary/aromatic N) is 1. The second-order valence-electron chi connectivity index (χ2n) is 4.25. The van der Waals surface area contributed by atoms with E-state index in [4.69, 9.17) is 5.73 Å². The second-order valence-corrected chi connectivity index (χ2v) is 5.30. The Bertz CT molecular complexity index is 597. The molecule has 0 aliphatic heterocycles. The molecule has 5 heteroatoms. The van der Waals surface area contributed by atoms with Crippen LogP contribution in [0.25, 0.3) is 0 Å². The molecule has 0 aromatic heterocycles. The van der Waals surface area contributed by atoms with Crippen molar-refractivity contribution < 1.29 is 4.92 Å². The molecule has 0 radical (unpaired) electrons. The third-order valence-corrected chi connectivity index (χ3v) is 3.80. The maximum atomic E-state index is 10.7. The molecule has 2 aromatic carbocycles. The molecule has 0 fully saturated rings. The predicted octanol–water partition coefficient (Wildman–Crippen LogP) is 3.78. The lowest BCUT2D eigenvalue weighted by Crippen LogP contribution is -1.96. The Balaban J connectivity index is 2.06. The SMILES string of the molecule is Cc1ccc(SCc2ccc([N+](=O)[O-])c(N)c2)cc1. The van der Waals surface area contributed by atoms with Crippen LogP contribution in [0.5, 0.6) is 0 Å². The van der Waals surface area contributed by atoms with Crippen molar-refractivity contribution in [2.24, 2.45) is 0 Å². The predicted molar refractivity (Wildman–Crippen MR) is 78.2 cm³/mol. The van der Waals surface area contributed by atoms with Gasteiger partial charge in [-0.05, 0) is 30.7 Å². The standard InChI is InChI=1S/C14H14N2O2S/c1-10-2-5-12(6-3-10)19-9-11-4-7-14(16(17)18)13(15)8-11/h2-8H,9,15H2,1H3. The summed E-state index contributed by atoms with van der Waals surface area (Å²) >= 11 is 1.68. The lowest BCUT2D eigenvalue weighted by Gasteiger charge is -2.04. The minimum Gasteiger partial charge on any atom is -0.393 e. The van der Waals surface area contributed by atoms with Crippen LogP contribution in [0, 0.1) is 17.0 Å². The fourth-order valence-corrected chi connectivity index (χ4v) is 2.50. The topological polar surface area (TPSA) is 69.2 Å². The Morgan fingerprint density at radius 3 is 2.47 bits per heavy atom. The second kappa shape index (κ2) is 5.75. The van der Waals surface area contributed by atoms with Crippen LogP contribution in [-0.4, -0.2) is 4.92 Å². The molecule has 2 N–H and O–H groups in total. The van der Waals surface area contributed by atoms with Gasteiger partial charge >= 0.3 is 0 Å². The van der Waals surface area contributed by atoms with Gasteiger partial charge in [-0.2, -0.15) is 0 Å². The Kier molecular flexibility index (Phi) is 4.06. The number of nitrogens with two attached hydrogens (primary N) is 1. The molecule has 0 unspecified atom stereocenters. The van der Waals surface area contributed by atoms with E-state index in [9.17, 15) is 10.1 Å². The quantitative estimate of drug-likeness (QED) is 0.399. The monoisotopic (exact) mass is 274 g/mol. The van der Waals surface area contributed by atoms with Crippen molar-refractivity contribution in [2.45, 2.75) is 17.6 Å². The number of thioether (sulfide) groups is 1. The van der Waals surface area contributed by atoms with Crippen molar-refractivity contribution in [1.82, 2.24) is 0 Å². The van der Waals surface area contributed by atoms with Crippen LogP contribution in [0.15, 0.2) is 47.4 Å². The van der Waals surface area contributed by atoms with Gasteiger partial charge < -0.3 is 5.73 Å². The van der Waals surface area contributed by atoms with Gasteiger partial charge in [0.2, 0.25) is 0 Å². The van der Waals surface area contributed by atoms with Crippen molar-refractivity contribution in [1.29, 1.82) is 0 Å². The highest BCUT2D eigenvalue weighted by molar-refractivity contribution is 7.98. The van der Waals surface area contributed by atoms with Gasteiger partial charge in [0.05, 0.1) is 4.92 Å². The highest BCUT2D eigenvalue weighted by atomic mass is 32.2. The van der Waals surface area contributed by atoms with Gasteiger partial charge in [0.25, 0.3) is 5.69 Å². The van der Waals surface area contributed by atoms with Gasteiger partial charge in [0.1, 0.15) is 5.69 Å². The average molecular weight is 274 g/mol. The first-order valence-electron chi connectivity index (χ1n) is 5.78. The minimum atomic E-state index is -0.466. The zero-order chi connectivity index (χ0) is 13.8. The summed E-state index contributed by atoms with van der Waals surface area (Å²) < 4.78 is 0. The summed E-state index contributed by atoms with van der Waals surface area (Å²) in [6, 6.07) is 13.1. The Labute approximate surface area is 115 Å². The normalized spacial score (nSPS) is 10.4. The first-order chi connectivity index (χ1) is 9.06. The Morgan fingerprint density at radius 1 is 1.21 bits per heavy atom. The van der Waals surface area contributed by atoms with Gasteiger partial charge in [-0.3, -0.25) is 10.1 Å². The van der Waals surface area contributed by atoms with Crippen molar-refractivity contribution in [3.05, 3.63) is 63.7 Å². The van der Waals surface area contributed by atoms with Crippen LogP contribution in [0.2, 0.25) is 0 Å². The van der Waals surface area contributed by atoms with Gasteiger partial charge in [-0.15, -0.1) is 11.8 Å². The number of nitro benzene ring substituents is 1. The number of hydrogen-bond acceptors (Lipinski definition) is 4. The molecule has 0 aliphatic carbocycles. The third kappa shape index (κ3) is 3.48. The minimum absolute atomic E-state index is 0.0379. The molecule has 0 heterocycles. The van der Waals surface area contributed by atoms with E-state index < -0.39 is 4.92 Å². The summed E-state index contributed by atoms with van der Waals surface area (Å²) in [4.78, 5) is 11.4. The molecule has 98 valence electrons. The molecule has 4 nitrogen and oxygen atoms in total. The molecule has 0 amide bonds. The molecule has 19 heavy (non-hydrogen) atoms. The summed E-state index contributed by atoms with van der Waals surface area (Å²) in [5.74, 6) is 0.741. The molecular formula is C14H14N2O2S. The van der Waals surface area contributed by atoms with E-state index >= 15 is 0 Å². The first-order valence-corrected chi connectivity index (χ1v) is 6.77. The maximum Gasteiger partial charge on any atom is 0.292 e. The van der Waals surface area contributed by atoms with Crippen LogP contribution in [0.1, 0.15) is 11.1 Å². The van der Waals surface area contributed by atoms with Gasteiger partial charge in [0, 0.05) is 16.7 Å². The van der Waals surface area contributed by atoms with Crippen LogP contribution < -0.4 is 5.73 Å². The Morgan fingerprint density at radius 2 is 1.89 bits per heavy atom. The Hall–Kier alpha value is -2.01. The summed E-state index contributed by atoms with van der Waals surface area (Å²) in [5, 5.41) is 10.7. The van der Waals surface area contributed by atoms with E-state index in [1.807, 2.05) is 6.92 Å². The first kappa shape index (κ1) is 13.4. The van der Waals surface area contributed by atoms with Crippen molar-refractivity contribution >= 4 is 23.1 Å². The van der Waals surface area contributed by atoms with Crippen LogP contribution in [0.3, 0.4) is 0 Å². The molecule has 0 spiro atoms. The summed E-state index contributed by atoms with van der Waals surface area (Å²) in [6.07, 6.45) is 0. The molecule has 0 atom stereocenters. The molecule has 0 bridgehead atoms. The number of hydrogen-bond donors (Lipinski definition) is 1. The van der Waals surface area contributed by atoms with Crippen molar-refractivity contribution in [2.75, 3.05) is 5.73 Å². The van der Waals surface area contributed by atoms with E-state index in [1.165, 1.54) is 16.5 Å². The molecular weight excluding hydrogens is 260 g/mol.